The van der Waals surface area contributed by atoms with E-state index in [1.165, 1.54) is 38.1 Å². The van der Waals surface area contributed by atoms with Gasteiger partial charge in [0.15, 0.2) is 0 Å². The molecule has 10 rings (SSSR count). The molecule has 0 saturated heterocycles. The summed E-state index contributed by atoms with van der Waals surface area (Å²) < 4.78 is 6.62. The zero-order chi connectivity index (χ0) is 33.0. The number of benzene rings is 9. The highest BCUT2D eigenvalue weighted by Crippen LogP contribution is 2.45. The maximum absolute atomic E-state index is 6.62. The number of furan rings is 1. The second kappa shape index (κ2) is 11.5. The number of anilines is 3. The Kier molecular flexibility index (Phi) is 6.53. The largest absolute Gasteiger partial charge is 0.455 e. The molecule has 0 bridgehead atoms. The van der Waals surface area contributed by atoms with Gasteiger partial charge in [-0.3, -0.25) is 0 Å². The van der Waals surface area contributed by atoms with Crippen LogP contribution in [0, 0.1) is 0 Å². The quantitative estimate of drug-likeness (QED) is 0.187. The standard InChI is InChI=1S/C48H31NO/c1-2-13-36-30-37(21-20-32(36)10-1)33-22-26-39(27-23-33)49(46-19-9-14-34-11-3-5-15-40(34)46)45-18-8-7-16-41(45)38-25-28-43-44-29-24-35-12-4-6-17-42(35)48(44)50-47(43)31-38/h1-31H. The van der Waals surface area contributed by atoms with E-state index in [0.29, 0.717) is 0 Å². The molecule has 9 aromatic carbocycles. The van der Waals surface area contributed by atoms with E-state index in [9.17, 15) is 0 Å². The topological polar surface area (TPSA) is 16.4 Å². The molecule has 1 heterocycles. The molecule has 0 N–H and O–H groups in total. The van der Waals surface area contributed by atoms with Crippen LogP contribution < -0.4 is 4.90 Å². The van der Waals surface area contributed by atoms with E-state index in [2.05, 4.69) is 193 Å². The zero-order valence-electron chi connectivity index (χ0n) is 27.3. The number of hydrogen-bond donors (Lipinski definition) is 0. The predicted molar refractivity (Wildman–Crippen MR) is 212 cm³/mol. The smallest absolute Gasteiger partial charge is 0.143 e. The van der Waals surface area contributed by atoms with Gasteiger partial charge >= 0.3 is 0 Å². The van der Waals surface area contributed by atoms with Gasteiger partial charge in [-0.2, -0.15) is 0 Å². The maximum atomic E-state index is 6.62. The molecule has 234 valence electrons. The van der Waals surface area contributed by atoms with Gasteiger partial charge in [0.25, 0.3) is 0 Å². The molecule has 0 radical (unpaired) electrons. The summed E-state index contributed by atoms with van der Waals surface area (Å²) >= 11 is 0. The molecule has 0 aliphatic carbocycles. The summed E-state index contributed by atoms with van der Waals surface area (Å²) in [6.45, 7) is 0. The second-order valence-electron chi connectivity index (χ2n) is 12.9. The van der Waals surface area contributed by atoms with Crippen molar-refractivity contribution in [1.29, 1.82) is 0 Å². The van der Waals surface area contributed by atoms with E-state index in [-0.39, 0.29) is 0 Å². The van der Waals surface area contributed by atoms with Gasteiger partial charge in [0.2, 0.25) is 0 Å². The number of fused-ring (bicyclic) bond motifs is 7. The van der Waals surface area contributed by atoms with Crippen LogP contribution in [0.5, 0.6) is 0 Å². The lowest BCUT2D eigenvalue weighted by Gasteiger charge is -2.29. The lowest BCUT2D eigenvalue weighted by Crippen LogP contribution is -2.11. The van der Waals surface area contributed by atoms with E-state index in [4.69, 9.17) is 4.42 Å². The Hall–Kier alpha value is -6.64. The van der Waals surface area contributed by atoms with Crippen molar-refractivity contribution in [3.8, 4) is 22.3 Å². The molecule has 2 nitrogen and oxygen atoms in total. The lowest BCUT2D eigenvalue weighted by molar-refractivity contribution is 0.673. The molecule has 50 heavy (non-hydrogen) atoms. The molecule has 0 unspecified atom stereocenters. The van der Waals surface area contributed by atoms with Gasteiger partial charge in [0.05, 0.1) is 11.4 Å². The first kappa shape index (κ1) is 28.4. The van der Waals surface area contributed by atoms with Crippen LogP contribution in [-0.4, -0.2) is 0 Å². The minimum absolute atomic E-state index is 0.889. The summed E-state index contributed by atoms with van der Waals surface area (Å²) in [6, 6.07) is 67.5. The number of hydrogen-bond acceptors (Lipinski definition) is 2. The fourth-order valence-electron chi connectivity index (χ4n) is 7.57. The minimum atomic E-state index is 0.889. The van der Waals surface area contributed by atoms with Crippen LogP contribution in [0.25, 0.3) is 76.5 Å². The molecule has 0 atom stereocenters. The molecule has 0 aliphatic rings. The summed E-state index contributed by atoms with van der Waals surface area (Å²) in [4.78, 5) is 2.40. The van der Waals surface area contributed by atoms with Crippen molar-refractivity contribution in [1.82, 2.24) is 0 Å². The molecule has 0 aliphatic heterocycles. The van der Waals surface area contributed by atoms with Crippen molar-refractivity contribution >= 4 is 71.3 Å². The Morgan fingerprint density at radius 1 is 0.340 bits per heavy atom. The second-order valence-corrected chi connectivity index (χ2v) is 12.9. The molecule has 0 spiro atoms. The van der Waals surface area contributed by atoms with E-state index in [1.807, 2.05) is 0 Å². The van der Waals surface area contributed by atoms with Crippen molar-refractivity contribution < 1.29 is 4.42 Å². The fraction of sp³-hybridized carbons (Fsp3) is 0. The molecule has 10 aromatic rings. The Labute approximate surface area is 290 Å². The third-order valence-electron chi connectivity index (χ3n) is 10.0. The summed E-state index contributed by atoms with van der Waals surface area (Å²) in [7, 11) is 0. The highest BCUT2D eigenvalue weighted by Gasteiger charge is 2.20. The Bertz CT molecular complexity index is 2870. The number of nitrogens with zero attached hydrogens (tertiary/aromatic N) is 1. The van der Waals surface area contributed by atoms with Gasteiger partial charge in [-0.05, 0) is 86.8 Å². The van der Waals surface area contributed by atoms with Crippen LogP contribution in [0.1, 0.15) is 0 Å². The maximum Gasteiger partial charge on any atom is 0.143 e. The van der Waals surface area contributed by atoms with Gasteiger partial charge < -0.3 is 9.32 Å². The molecular weight excluding hydrogens is 607 g/mol. The number of para-hydroxylation sites is 1. The molecule has 2 heteroatoms. The highest BCUT2D eigenvalue weighted by molar-refractivity contribution is 6.15. The third-order valence-corrected chi connectivity index (χ3v) is 10.0. The first-order valence-corrected chi connectivity index (χ1v) is 17.1. The Morgan fingerprint density at radius 2 is 0.940 bits per heavy atom. The first-order valence-electron chi connectivity index (χ1n) is 17.1. The Balaban J connectivity index is 1.14. The van der Waals surface area contributed by atoms with Crippen LogP contribution in [-0.2, 0) is 0 Å². The van der Waals surface area contributed by atoms with Crippen molar-refractivity contribution in [2.24, 2.45) is 0 Å². The highest BCUT2D eigenvalue weighted by atomic mass is 16.3. The van der Waals surface area contributed by atoms with Crippen LogP contribution in [0.2, 0.25) is 0 Å². The van der Waals surface area contributed by atoms with Gasteiger partial charge in [0, 0.05) is 32.8 Å². The number of rotatable bonds is 5. The van der Waals surface area contributed by atoms with E-state index in [0.717, 1.165) is 55.5 Å². The molecule has 1 aromatic heterocycles. The third kappa shape index (κ3) is 4.65. The van der Waals surface area contributed by atoms with E-state index in [1.54, 1.807) is 0 Å². The SMILES string of the molecule is c1ccc(N(c2ccc(-c3ccc4ccccc4c3)cc2)c2cccc3ccccc23)c(-c2ccc3c(c2)oc2c4ccccc4ccc32)c1. The average Bonchev–Trinajstić information content (AvgIpc) is 3.57. The van der Waals surface area contributed by atoms with Crippen molar-refractivity contribution in [2.45, 2.75) is 0 Å². The summed E-state index contributed by atoms with van der Waals surface area (Å²) in [5.74, 6) is 0. The predicted octanol–water partition coefficient (Wildman–Crippen LogP) is 13.8. The first-order chi connectivity index (χ1) is 24.8. The van der Waals surface area contributed by atoms with E-state index >= 15 is 0 Å². The van der Waals surface area contributed by atoms with Gasteiger partial charge in [-0.1, -0.05) is 140 Å². The van der Waals surface area contributed by atoms with Crippen LogP contribution in [0.3, 0.4) is 0 Å². The van der Waals surface area contributed by atoms with Crippen LogP contribution in [0.15, 0.2) is 192 Å². The molecule has 0 amide bonds. The average molecular weight is 638 g/mol. The van der Waals surface area contributed by atoms with Crippen LogP contribution in [0.4, 0.5) is 17.1 Å². The zero-order valence-corrected chi connectivity index (χ0v) is 27.3. The fourth-order valence-corrected chi connectivity index (χ4v) is 7.57. The van der Waals surface area contributed by atoms with E-state index < -0.39 is 0 Å². The van der Waals surface area contributed by atoms with Crippen molar-refractivity contribution in [2.75, 3.05) is 4.90 Å². The normalized spacial score (nSPS) is 11.6. The summed E-state index contributed by atoms with van der Waals surface area (Å²) in [5.41, 5.74) is 9.78. The minimum Gasteiger partial charge on any atom is -0.455 e. The van der Waals surface area contributed by atoms with Gasteiger partial charge in [-0.15, -0.1) is 0 Å². The molecule has 0 saturated carbocycles. The Morgan fingerprint density at radius 3 is 1.80 bits per heavy atom. The lowest BCUT2D eigenvalue weighted by atomic mass is 9.98. The van der Waals surface area contributed by atoms with Gasteiger partial charge in [0.1, 0.15) is 11.2 Å². The van der Waals surface area contributed by atoms with Gasteiger partial charge in [-0.25, -0.2) is 0 Å². The van der Waals surface area contributed by atoms with Crippen molar-refractivity contribution in [3.05, 3.63) is 188 Å². The van der Waals surface area contributed by atoms with Crippen LogP contribution >= 0.6 is 0 Å². The summed E-state index contributed by atoms with van der Waals surface area (Å²) in [5, 5.41) is 9.49. The van der Waals surface area contributed by atoms with Crippen molar-refractivity contribution in [3.63, 3.8) is 0 Å². The monoisotopic (exact) mass is 637 g/mol. The summed E-state index contributed by atoms with van der Waals surface area (Å²) in [6.07, 6.45) is 0. The molecular formula is C48H31NO. The molecule has 0 fully saturated rings.